The summed E-state index contributed by atoms with van der Waals surface area (Å²) in [4.78, 5) is 9.86. The second kappa shape index (κ2) is 4.93. The smallest absolute Gasteiger partial charge is 0.0726 e. The minimum absolute atomic E-state index is 1.07. The molecule has 1 aromatic carbocycles. The van der Waals surface area contributed by atoms with E-state index >= 15 is 0 Å². The quantitative estimate of drug-likeness (QED) is 0.802. The highest BCUT2D eigenvalue weighted by Crippen LogP contribution is 2.40. The minimum Gasteiger partial charge on any atom is -0.368 e. The van der Waals surface area contributed by atoms with Crippen LogP contribution in [0.4, 0.5) is 5.69 Å². The van der Waals surface area contributed by atoms with Crippen molar-refractivity contribution < 1.29 is 0 Å². The number of fused-ring (bicyclic) bond motifs is 2. The average molecular weight is 285 g/mol. The lowest BCUT2D eigenvalue weighted by atomic mass is 10.1. The molecule has 0 unspecified atom stereocenters. The van der Waals surface area contributed by atoms with Crippen molar-refractivity contribution in [3.63, 3.8) is 0 Å². The highest BCUT2D eigenvalue weighted by Gasteiger charge is 2.25. The molecule has 104 valence electrons. The second-order valence-corrected chi connectivity index (χ2v) is 6.67. The highest BCUT2D eigenvalue weighted by molar-refractivity contribution is 7.98. The van der Waals surface area contributed by atoms with Crippen LogP contribution >= 0.6 is 11.8 Å². The van der Waals surface area contributed by atoms with E-state index in [1.807, 2.05) is 11.8 Å². The molecule has 2 aliphatic heterocycles. The fourth-order valence-corrected chi connectivity index (χ4v) is 4.24. The van der Waals surface area contributed by atoms with E-state index in [0.717, 1.165) is 43.2 Å². The Morgan fingerprint density at radius 3 is 2.70 bits per heavy atom. The SMILES string of the molecule is CN1CCN(c2c3c(nc4ccccc24)CSC3)CC1. The number of thioether (sulfide) groups is 1. The molecule has 4 rings (SSSR count). The van der Waals surface area contributed by atoms with E-state index in [9.17, 15) is 0 Å². The van der Waals surface area contributed by atoms with Crippen molar-refractivity contribution in [2.75, 3.05) is 38.1 Å². The van der Waals surface area contributed by atoms with Gasteiger partial charge in [-0.2, -0.15) is 11.8 Å². The van der Waals surface area contributed by atoms with Gasteiger partial charge in [-0.1, -0.05) is 18.2 Å². The van der Waals surface area contributed by atoms with Gasteiger partial charge in [-0.05, 0) is 13.1 Å². The van der Waals surface area contributed by atoms with Crippen LogP contribution < -0.4 is 4.90 Å². The van der Waals surface area contributed by atoms with Gasteiger partial charge in [0.05, 0.1) is 16.9 Å². The summed E-state index contributed by atoms with van der Waals surface area (Å²) >= 11 is 1.99. The lowest BCUT2D eigenvalue weighted by Crippen LogP contribution is -2.45. The van der Waals surface area contributed by atoms with Crippen molar-refractivity contribution in [3.05, 3.63) is 35.5 Å². The zero-order valence-corrected chi connectivity index (χ0v) is 12.6. The molecule has 1 fully saturated rings. The molecule has 0 bridgehead atoms. The fourth-order valence-electron chi connectivity index (χ4n) is 3.20. The van der Waals surface area contributed by atoms with Crippen molar-refractivity contribution in [1.82, 2.24) is 9.88 Å². The van der Waals surface area contributed by atoms with E-state index in [1.54, 1.807) is 0 Å². The minimum atomic E-state index is 1.07. The molecular formula is C16H19N3S. The molecule has 4 heteroatoms. The van der Waals surface area contributed by atoms with Crippen molar-refractivity contribution in [2.24, 2.45) is 0 Å². The van der Waals surface area contributed by atoms with Gasteiger partial charge in [0, 0.05) is 48.6 Å². The Morgan fingerprint density at radius 2 is 1.85 bits per heavy atom. The first kappa shape index (κ1) is 12.5. The molecule has 0 spiro atoms. The molecule has 0 atom stereocenters. The van der Waals surface area contributed by atoms with Gasteiger partial charge in [0.15, 0.2) is 0 Å². The van der Waals surface area contributed by atoms with Crippen LogP contribution in [0.15, 0.2) is 24.3 Å². The predicted octanol–water partition coefficient (Wildman–Crippen LogP) is 2.73. The molecule has 1 aromatic heterocycles. The molecule has 2 aliphatic rings. The first-order valence-corrected chi connectivity index (χ1v) is 8.40. The van der Waals surface area contributed by atoms with Crippen LogP contribution in [-0.2, 0) is 11.5 Å². The van der Waals surface area contributed by atoms with Gasteiger partial charge < -0.3 is 9.80 Å². The lowest BCUT2D eigenvalue weighted by molar-refractivity contribution is 0.313. The maximum Gasteiger partial charge on any atom is 0.0726 e. The molecule has 0 N–H and O–H groups in total. The number of hydrogen-bond acceptors (Lipinski definition) is 4. The maximum absolute atomic E-state index is 4.87. The van der Waals surface area contributed by atoms with Gasteiger partial charge in [-0.3, -0.25) is 4.98 Å². The summed E-state index contributed by atoms with van der Waals surface area (Å²) in [6.45, 7) is 4.56. The molecule has 1 saturated heterocycles. The van der Waals surface area contributed by atoms with E-state index in [1.165, 1.54) is 22.3 Å². The Morgan fingerprint density at radius 1 is 1.05 bits per heavy atom. The average Bonchev–Trinajstić information content (AvgIpc) is 2.93. The van der Waals surface area contributed by atoms with Crippen LogP contribution in [0.25, 0.3) is 10.9 Å². The van der Waals surface area contributed by atoms with E-state index in [4.69, 9.17) is 4.98 Å². The van der Waals surface area contributed by atoms with Crippen molar-refractivity contribution in [2.45, 2.75) is 11.5 Å². The van der Waals surface area contributed by atoms with Gasteiger partial charge in [-0.25, -0.2) is 0 Å². The van der Waals surface area contributed by atoms with E-state index in [2.05, 4.69) is 41.1 Å². The Kier molecular flexibility index (Phi) is 3.08. The number of anilines is 1. The summed E-state index contributed by atoms with van der Waals surface area (Å²) in [5.74, 6) is 2.19. The van der Waals surface area contributed by atoms with Gasteiger partial charge >= 0.3 is 0 Å². The number of hydrogen-bond donors (Lipinski definition) is 0. The summed E-state index contributed by atoms with van der Waals surface area (Å²) in [6.07, 6.45) is 0. The van der Waals surface area contributed by atoms with Crippen LogP contribution in [0.5, 0.6) is 0 Å². The number of pyridine rings is 1. The number of aromatic nitrogens is 1. The molecule has 3 nitrogen and oxygen atoms in total. The lowest BCUT2D eigenvalue weighted by Gasteiger charge is -2.35. The van der Waals surface area contributed by atoms with Crippen molar-refractivity contribution >= 4 is 28.4 Å². The highest BCUT2D eigenvalue weighted by atomic mass is 32.2. The van der Waals surface area contributed by atoms with Crippen molar-refractivity contribution in [3.8, 4) is 0 Å². The number of likely N-dealkylation sites (N-methyl/N-ethyl adjacent to an activating group) is 1. The Bertz CT molecular complexity index is 647. The maximum atomic E-state index is 4.87. The van der Waals surface area contributed by atoms with Gasteiger partial charge in [0.25, 0.3) is 0 Å². The predicted molar refractivity (Wildman–Crippen MR) is 86.5 cm³/mol. The Hall–Kier alpha value is -1.26. The van der Waals surface area contributed by atoms with Crippen LogP contribution in [0.1, 0.15) is 11.3 Å². The largest absolute Gasteiger partial charge is 0.368 e. The molecule has 0 saturated carbocycles. The molecular weight excluding hydrogens is 266 g/mol. The summed E-state index contributed by atoms with van der Waals surface area (Å²) in [5, 5.41) is 1.33. The van der Waals surface area contributed by atoms with Gasteiger partial charge in [0.2, 0.25) is 0 Å². The third kappa shape index (κ3) is 1.98. The first-order chi connectivity index (χ1) is 9.83. The van der Waals surface area contributed by atoms with Crippen LogP contribution in [0.3, 0.4) is 0 Å². The zero-order chi connectivity index (χ0) is 13.5. The molecule has 0 aliphatic carbocycles. The van der Waals surface area contributed by atoms with E-state index in [0.29, 0.717) is 0 Å². The summed E-state index contributed by atoms with van der Waals surface area (Å²) in [7, 11) is 2.21. The van der Waals surface area contributed by atoms with Crippen LogP contribution in [0.2, 0.25) is 0 Å². The summed E-state index contributed by atoms with van der Waals surface area (Å²) in [6, 6.07) is 8.62. The number of para-hydroxylation sites is 1. The zero-order valence-electron chi connectivity index (χ0n) is 11.8. The standard InChI is InChI=1S/C16H19N3S/c1-18-6-8-19(9-7-18)16-12-4-2-3-5-14(12)17-15-11-20-10-13(15)16/h2-5H,6-11H2,1H3. The molecule has 20 heavy (non-hydrogen) atoms. The first-order valence-electron chi connectivity index (χ1n) is 7.24. The molecule has 0 radical (unpaired) electrons. The van der Waals surface area contributed by atoms with Crippen molar-refractivity contribution in [1.29, 1.82) is 0 Å². The third-order valence-electron chi connectivity index (χ3n) is 4.35. The van der Waals surface area contributed by atoms with Gasteiger partial charge in [-0.15, -0.1) is 0 Å². The van der Waals surface area contributed by atoms with Crippen LogP contribution in [0, 0.1) is 0 Å². The molecule has 2 aromatic rings. The third-order valence-corrected chi connectivity index (χ3v) is 5.32. The van der Waals surface area contributed by atoms with E-state index < -0.39 is 0 Å². The fraction of sp³-hybridized carbons (Fsp3) is 0.438. The molecule has 0 amide bonds. The summed E-state index contributed by atoms with van der Waals surface area (Å²) < 4.78 is 0. The van der Waals surface area contributed by atoms with Gasteiger partial charge in [0.1, 0.15) is 0 Å². The Labute approximate surface area is 124 Å². The number of piperazine rings is 1. The number of rotatable bonds is 1. The monoisotopic (exact) mass is 285 g/mol. The van der Waals surface area contributed by atoms with Crippen LogP contribution in [-0.4, -0.2) is 43.1 Å². The second-order valence-electron chi connectivity index (χ2n) is 5.69. The normalized spacial score (nSPS) is 19.6. The Balaban J connectivity index is 1.88. The van der Waals surface area contributed by atoms with E-state index in [-0.39, 0.29) is 0 Å². The summed E-state index contributed by atoms with van der Waals surface area (Å²) in [5.41, 5.74) is 5.41. The topological polar surface area (TPSA) is 19.4 Å². The molecule has 3 heterocycles. The number of nitrogens with zero attached hydrogens (tertiary/aromatic N) is 3. The number of benzene rings is 1.